The highest BCUT2D eigenvalue weighted by molar-refractivity contribution is 5.69. The molecule has 0 atom stereocenters. The molecule has 0 unspecified atom stereocenters. The van der Waals surface area contributed by atoms with E-state index >= 15 is 0 Å². The van der Waals surface area contributed by atoms with Crippen LogP contribution < -0.4 is 0 Å². The van der Waals surface area contributed by atoms with Crippen LogP contribution in [0, 0.1) is 0 Å². The molecular formula is C46H92O2. The number of carbonyl (C=O) groups is 1. The topological polar surface area (TPSA) is 26.3 Å². The van der Waals surface area contributed by atoms with Gasteiger partial charge in [-0.1, -0.05) is 264 Å². The van der Waals surface area contributed by atoms with Crippen molar-refractivity contribution in [1.29, 1.82) is 0 Å². The number of hydrogen-bond donors (Lipinski definition) is 0. The average Bonchev–Trinajstić information content (AvgIpc) is 3.09. The zero-order valence-corrected chi connectivity index (χ0v) is 33.7. The average molecular weight is 677 g/mol. The fourth-order valence-electron chi connectivity index (χ4n) is 7.32. The summed E-state index contributed by atoms with van der Waals surface area (Å²) in [4.78, 5) is 12.0. The molecule has 288 valence electrons. The summed E-state index contributed by atoms with van der Waals surface area (Å²) in [5, 5.41) is 0. The molecule has 2 heteroatoms. The van der Waals surface area contributed by atoms with Gasteiger partial charge < -0.3 is 4.74 Å². The Morgan fingerprint density at radius 1 is 0.271 bits per heavy atom. The Kier molecular flexibility index (Phi) is 44.0. The maximum atomic E-state index is 12.0. The quantitative estimate of drug-likeness (QED) is 0.0474. The summed E-state index contributed by atoms with van der Waals surface area (Å²) in [6, 6.07) is 0. The van der Waals surface area contributed by atoms with Crippen molar-refractivity contribution in [3.05, 3.63) is 0 Å². The molecule has 0 rings (SSSR count). The van der Waals surface area contributed by atoms with Crippen LogP contribution in [-0.4, -0.2) is 12.6 Å². The smallest absolute Gasteiger partial charge is 0.305 e. The molecule has 2 nitrogen and oxygen atoms in total. The van der Waals surface area contributed by atoms with Crippen molar-refractivity contribution in [3.8, 4) is 0 Å². The lowest BCUT2D eigenvalue weighted by Crippen LogP contribution is -2.05. The van der Waals surface area contributed by atoms with Gasteiger partial charge in [0.05, 0.1) is 6.61 Å². The molecule has 0 aliphatic rings. The Hall–Kier alpha value is -0.530. The van der Waals surface area contributed by atoms with Gasteiger partial charge in [0.1, 0.15) is 0 Å². The summed E-state index contributed by atoms with van der Waals surface area (Å²) >= 11 is 0. The van der Waals surface area contributed by atoms with Gasteiger partial charge in [0.25, 0.3) is 0 Å². The van der Waals surface area contributed by atoms with E-state index in [0.29, 0.717) is 13.0 Å². The second-order valence-corrected chi connectivity index (χ2v) is 15.8. The normalized spacial score (nSPS) is 11.5. The molecule has 0 radical (unpaired) electrons. The highest BCUT2D eigenvalue weighted by atomic mass is 16.5. The standard InChI is InChI=1S/C46H92O2/c1-3-5-7-9-11-13-15-17-19-21-23-25-27-29-31-33-35-37-39-41-43-45-48-46(47)44-42-40-38-36-34-32-30-28-26-24-22-20-18-16-14-12-10-8-6-4-2/h3-45H2,1-2H3. The summed E-state index contributed by atoms with van der Waals surface area (Å²) < 4.78 is 5.48. The van der Waals surface area contributed by atoms with Gasteiger partial charge in [-0.3, -0.25) is 4.79 Å². The number of unbranched alkanes of at least 4 members (excludes halogenated alkanes) is 39. The zero-order chi connectivity index (χ0) is 34.7. The summed E-state index contributed by atoms with van der Waals surface area (Å²) in [5.41, 5.74) is 0. The summed E-state index contributed by atoms with van der Waals surface area (Å²) in [7, 11) is 0. The number of esters is 1. The van der Waals surface area contributed by atoms with Crippen LogP contribution in [0.4, 0.5) is 0 Å². The van der Waals surface area contributed by atoms with Crippen LogP contribution in [-0.2, 0) is 9.53 Å². The second kappa shape index (κ2) is 44.5. The minimum absolute atomic E-state index is 0.0329. The van der Waals surface area contributed by atoms with Gasteiger partial charge in [0.2, 0.25) is 0 Å². The Bertz CT molecular complexity index is 572. The molecular weight excluding hydrogens is 585 g/mol. The molecule has 0 aromatic carbocycles. The van der Waals surface area contributed by atoms with Crippen molar-refractivity contribution in [2.24, 2.45) is 0 Å². The Morgan fingerprint density at radius 3 is 0.688 bits per heavy atom. The van der Waals surface area contributed by atoms with Crippen LogP contribution in [0.5, 0.6) is 0 Å². The highest BCUT2D eigenvalue weighted by Gasteiger charge is 2.03. The predicted octanol–water partition coefficient (Wildman–Crippen LogP) is 17.0. The van der Waals surface area contributed by atoms with Crippen LogP contribution in [0.2, 0.25) is 0 Å². The van der Waals surface area contributed by atoms with Crippen LogP contribution in [0.25, 0.3) is 0 Å². The fraction of sp³-hybridized carbons (Fsp3) is 0.978. The van der Waals surface area contributed by atoms with E-state index in [9.17, 15) is 4.79 Å². The molecule has 0 fully saturated rings. The summed E-state index contributed by atoms with van der Waals surface area (Å²) in [5.74, 6) is 0.0329. The first kappa shape index (κ1) is 47.5. The first-order valence-electron chi connectivity index (χ1n) is 23.0. The zero-order valence-electron chi connectivity index (χ0n) is 33.7. The minimum atomic E-state index is 0.0329. The van der Waals surface area contributed by atoms with Crippen molar-refractivity contribution in [2.45, 2.75) is 284 Å². The third-order valence-corrected chi connectivity index (χ3v) is 10.7. The molecule has 0 saturated carbocycles. The molecule has 0 N–H and O–H groups in total. The number of carbonyl (C=O) groups excluding carboxylic acids is 1. The number of rotatable bonds is 43. The van der Waals surface area contributed by atoms with Gasteiger partial charge in [-0.25, -0.2) is 0 Å². The third kappa shape index (κ3) is 43.5. The highest BCUT2D eigenvalue weighted by Crippen LogP contribution is 2.17. The van der Waals surface area contributed by atoms with E-state index < -0.39 is 0 Å². The van der Waals surface area contributed by atoms with Crippen molar-refractivity contribution in [1.82, 2.24) is 0 Å². The van der Waals surface area contributed by atoms with E-state index in [2.05, 4.69) is 13.8 Å². The molecule has 0 amide bonds. The van der Waals surface area contributed by atoms with Crippen molar-refractivity contribution < 1.29 is 9.53 Å². The SMILES string of the molecule is CCCCCCCCCCCCCCCCCCCCCCCOC(=O)CCCCCCCCCCCCCCCCCCCCCC. The van der Waals surface area contributed by atoms with Crippen molar-refractivity contribution in [3.63, 3.8) is 0 Å². The largest absolute Gasteiger partial charge is 0.466 e. The van der Waals surface area contributed by atoms with E-state index in [1.807, 2.05) is 0 Å². The molecule has 0 aliphatic carbocycles. The summed E-state index contributed by atoms with van der Waals surface area (Å²) in [6.07, 6.45) is 57.9. The fourth-order valence-corrected chi connectivity index (χ4v) is 7.32. The molecule has 0 aliphatic heterocycles. The Balaban J connectivity index is 3.14. The van der Waals surface area contributed by atoms with Crippen molar-refractivity contribution >= 4 is 5.97 Å². The van der Waals surface area contributed by atoms with Crippen molar-refractivity contribution in [2.75, 3.05) is 6.61 Å². The number of ether oxygens (including phenoxy) is 1. The molecule has 0 aromatic heterocycles. The van der Waals surface area contributed by atoms with Gasteiger partial charge >= 0.3 is 5.97 Å². The van der Waals surface area contributed by atoms with E-state index in [4.69, 9.17) is 4.74 Å². The Labute approximate surface area is 304 Å². The molecule has 48 heavy (non-hydrogen) atoms. The lowest BCUT2D eigenvalue weighted by atomic mass is 10.0. The van der Waals surface area contributed by atoms with Gasteiger partial charge in [-0.2, -0.15) is 0 Å². The van der Waals surface area contributed by atoms with Crippen LogP contribution in [0.15, 0.2) is 0 Å². The lowest BCUT2D eigenvalue weighted by molar-refractivity contribution is -0.143. The van der Waals surface area contributed by atoms with Crippen LogP contribution >= 0.6 is 0 Å². The predicted molar refractivity (Wildman–Crippen MR) is 216 cm³/mol. The molecule has 0 aromatic rings. The van der Waals surface area contributed by atoms with Gasteiger partial charge in [0, 0.05) is 6.42 Å². The summed E-state index contributed by atoms with van der Waals surface area (Å²) in [6.45, 7) is 5.24. The minimum Gasteiger partial charge on any atom is -0.466 e. The van der Waals surface area contributed by atoms with Crippen LogP contribution in [0.1, 0.15) is 284 Å². The van der Waals surface area contributed by atoms with Crippen LogP contribution in [0.3, 0.4) is 0 Å². The maximum Gasteiger partial charge on any atom is 0.305 e. The second-order valence-electron chi connectivity index (χ2n) is 15.8. The first-order chi connectivity index (χ1) is 23.8. The molecule has 0 bridgehead atoms. The van der Waals surface area contributed by atoms with Gasteiger partial charge in [-0.05, 0) is 12.8 Å². The van der Waals surface area contributed by atoms with E-state index in [1.165, 1.54) is 250 Å². The van der Waals surface area contributed by atoms with Gasteiger partial charge in [-0.15, -0.1) is 0 Å². The van der Waals surface area contributed by atoms with Gasteiger partial charge in [0.15, 0.2) is 0 Å². The monoisotopic (exact) mass is 677 g/mol. The van der Waals surface area contributed by atoms with E-state index in [1.54, 1.807) is 0 Å². The number of hydrogen-bond acceptors (Lipinski definition) is 2. The molecule has 0 heterocycles. The lowest BCUT2D eigenvalue weighted by Gasteiger charge is -2.06. The first-order valence-corrected chi connectivity index (χ1v) is 23.0. The maximum absolute atomic E-state index is 12.0. The third-order valence-electron chi connectivity index (χ3n) is 10.7. The Morgan fingerprint density at radius 2 is 0.458 bits per heavy atom. The van der Waals surface area contributed by atoms with E-state index in [-0.39, 0.29) is 5.97 Å². The molecule has 0 spiro atoms. The van der Waals surface area contributed by atoms with E-state index in [0.717, 1.165) is 12.8 Å². The molecule has 0 saturated heterocycles.